The Morgan fingerprint density at radius 1 is 1.14 bits per heavy atom. The second-order valence-electron chi connectivity index (χ2n) is 7.73. The smallest absolute Gasteiger partial charge is 0.258 e. The second kappa shape index (κ2) is 8.52. The lowest BCUT2D eigenvalue weighted by Gasteiger charge is -2.29. The molecule has 0 radical (unpaired) electrons. The SMILES string of the molecule is C[C@H]1CCCC[C@@H]1NC(=O)COc1ccc2c(=O)c(-c3ccccc3)coc2c1. The minimum absolute atomic E-state index is 0.0545. The van der Waals surface area contributed by atoms with E-state index in [0.29, 0.717) is 28.2 Å². The van der Waals surface area contributed by atoms with Gasteiger partial charge in [0.25, 0.3) is 5.91 Å². The zero-order chi connectivity index (χ0) is 20.2. The standard InChI is InChI=1S/C24H25NO4/c1-16-7-5-6-10-21(16)25-23(26)15-28-18-11-12-19-22(13-18)29-14-20(24(19)27)17-8-3-2-4-9-17/h2-4,8-9,11-14,16,21H,5-7,10,15H2,1H3,(H,25,26)/t16-,21-/m0/s1. The lowest BCUT2D eigenvalue weighted by Crippen LogP contribution is -2.43. The van der Waals surface area contributed by atoms with Crippen LogP contribution in [0.4, 0.5) is 0 Å². The molecule has 3 aromatic rings. The molecule has 1 N–H and O–H groups in total. The Hall–Kier alpha value is -3.08. The fourth-order valence-electron chi connectivity index (χ4n) is 3.94. The molecule has 1 aliphatic carbocycles. The van der Waals surface area contributed by atoms with Gasteiger partial charge in [-0.05, 0) is 36.5 Å². The van der Waals surface area contributed by atoms with Gasteiger partial charge in [-0.15, -0.1) is 0 Å². The first-order valence-corrected chi connectivity index (χ1v) is 10.1. The average molecular weight is 391 g/mol. The molecule has 1 heterocycles. The van der Waals surface area contributed by atoms with Crippen LogP contribution in [0.3, 0.4) is 0 Å². The highest BCUT2D eigenvalue weighted by atomic mass is 16.5. The number of benzene rings is 2. The maximum Gasteiger partial charge on any atom is 0.258 e. The highest BCUT2D eigenvalue weighted by Crippen LogP contribution is 2.24. The summed E-state index contributed by atoms with van der Waals surface area (Å²) in [5.74, 6) is 0.881. The van der Waals surface area contributed by atoms with Crippen molar-refractivity contribution in [3.8, 4) is 16.9 Å². The first-order chi connectivity index (χ1) is 14.1. The maximum absolute atomic E-state index is 12.8. The molecule has 1 aliphatic rings. The quantitative estimate of drug-likeness (QED) is 0.694. The van der Waals surface area contributed by atoms with Crippen LogP contribution in [0.5, 0.6) is 5.75 Å². The van der Waals surface area contributed by atoms with E-state index in [1.54, 1.807) is 18.2 Å². The van der Waals surface area contributed by atoms with Gasteiger partial charge < -0.3 is 14.5 Å². The summed E-state index contributed by atoms with van der Waals surface area (Å²) in [4.78, 5) is 25.0. The number of rotatable bonds is 5. The molecule has 2 aromatic carbocycles. The van der Waals surface area contributed by atoms with Crippen molar-refractivity contribution in [2.45, 2.75) is 38.6 Å². The van der Waals surface area contributed by atoms with E-state index in [0.717, 1.165) is 24.8 Å². The number of carbonyl (C=O) groups excluding carboxylic acids is 1. The molecule has 0 aliphatic heterocycles. The molecule has 2 atom stereocenters. The number of hydrogen-bond donors (Lipinski definition) is 1. The van der Waals surface area contributed by atoms with Crippen molar-refractivity contribution in [3.63, 3.8) is 0 Å². The van der Waals surface area contributed by atoms with E-state index < -0.39 is 0 Å². The Balaban J connectivity index is 1.45. The minimum Gasteiger partial charge on any atom is -0.484 e. The van der Waals surface area contributed by atoms with Crippen molar-refractivity contribution in [1.29, 1.82) is 0 Å². The number of nitrogens with one attached hydrogen (secondary N) is 1. The topological polar surface area (TPSA) is 68.5 Å². The van der Waals surface area contributed by atoms with Crippen LogP contribution in [-0.4, -0.2) is 18.6 Å². The van der Waals surface area contributed by atoms with Crippen molar-refractivity contribution in [1.82, 2.24) is 5.32 Å². The van der Waals surface area contributed by atoms with Crippen molar-refractivity contribution < 1.29 is 13.9 Å². The summed E-state index contributed by atoms with van der Waals surface area (Å²) in [7, 11) is 0. The predicted octanol–water partition coefficient (Wildman–Crippen LogP) is 4.53. The van der Waals surface area contributed by atoms with Gasteiger partial charge in [0.2, 0.25) is 0 Å². The number of fused-ring (bicyclic) bond motifs is 1. The normalized spacial score (nSPS) is 19.1. The van der Waals surface area contributed by atoms with Gasteiger partial charge in [0, 0.05) is 12.1 Å². The Morgan fingerprint density at radius 2 is 1.93 bits per heavy atom. The molecule has 0 spiro atoms. The van der Waals surface area contributed by atoms with Crippen molar-refractivity contribution in [2.75, 3.05) is 6.61 Å². The number of hydrogen-bond acceptors (Lipinski definition) is 4. The fraction of sp³-hybridized carbons (Fsp3) is 0.333. The van der Waals surface area contributed by atoms with E-state index in [-0.39, 0.29) is 24.0 Å². The van der Waals surface area contributed by atoms with Crippen LogP contribution in [0.15, 0.2) is 64.0 Å². The molecule has 4 rings (SSSR count). The first kappa shape index (κ1) is 19.2. The number of amides is 1. The molecular formula is C24H25NO4. The second-order valence-corrected chi connectivity index (χ2v) is 7.73. The first-order valence-electron chi connectivity index (χ1n) is 10.1. The van der Waals surface area contributed by atoms with Crippen LogP contribution in [0, 0.1) is 5.92 Å². The van der Waals surface area contributed by atoms with Gasteiger partial charge in [-0.1, -0.05) is 50.1 Å². The fourth-order valence-corrected chi connectivity index (χ4v) is 3.94. The van der Waals surface area contributed by atoms with Gasteiger partial charge in [-0.2, -0.15) is 0 Å². The van der Waals surface area contributed by atoms with Crippen molar-refractivity contribution >= 4 is 16.9 Å². The van der Waals surface area contributed by atoms with E-state index in [4.69, 9.17) is 9.15 Å². The van der Waals surface area contributed by atoms with E-state index in [2.05, 4.69) is 12.2 Å². The number of ether oxygens (including phenoxy) is 1. The third-order valence-corrected chi connectivity index (χ3v) is 5.66. The summed E-state index contributed by atoms with van der Waals surface area (Å²) in [6, 6.07) is 14.7. The Labute approximate surface area is 169 Å². The molecule has 29 heavy (non-hydrogen) atoms. The van der Waals surface area contributed by atoms with Gasteiger partial charge in [-0.3, -0.25) is 9.59 Å². The van der Waals surface area contributed by atoms with Crippen LogP contribution >= 0.6 is 0 Å². The molecule has 0 saturated heterocycles. The highest BCUT2D eigenvalue weighted by Gasteiger charge is 2.22. The lowest BCUT2D eigenvalue weighted by atomic mass is 9.86. The van der Waals surface area contributed by atoms with Crippen molar-refractivity contribution in [2.24, 2.45) is 5.92 Å². The highest BCUT2D eigenvalue weighted by molar-refractivity contribution is 5.83. The molecule has 1 aromatic heterocycles. The molecule has 150 valence electrons. The maximum atomic E-state index is 12.8. The minimum atomic E-state index is -0.121. The van der Waals surface area contributed by atoms with Crippen LogP contribution in [0.2, 0.25) is 0 Å². The van der Waals surface area contributed by atoms with Gasteiger partial charge in [0.1, 0.15) is 17.6 Å². The molecule has 1 fully saturated rings. The van der Waals surface area contributed by atoms with E-state index in [9.17, 15) is 9.59 Å². The molecule has 1 saturated carbocycles. The molecule has 5 heteroatoms. The Kier molecular flexibility index (Phi) is 5.65. The molecule has 5 nitrogen and oxygen atoms in total. The van der Waals surface area contributed by atoms with Crippen LogP contribution < -0.4 is 15.5 Å². The molecule has 0 bridgehead atoms. The third kappa shape index (κ3) is 4.34. The van der Waals surface area contributed by atoms with Gasteiger partial charge in [-0.25, -0.2) is 0 Å². The van der Waals surface area contributed by atoms with Gasteiger partial charge in [0.05, 0.1) is 10.9 Å². The zero-order valence-electron chi connectivity index (χ0n) is 16.5. The van der Waals surface area contributed by atoms with Gasteiger partial charge in [0.15, 0.2) is 12.0 Å². The lowest BCUT2D eigenvalue weighted by molar-refractivity contribution is -0.124. The summed E-state index contributed by atoms with van der Waals surface area (Å²) < 4.78 is 11.3. The van der Waals surface area contributed by atoms with Gasteiger partial charge >= 0.3 is 0 Å². The van der Waals surface area contributed by atoms with E-state index >= 15 is 0 Å². The predicted molar refractivity (Wildman–Crippen MR) is 113 cm³/mol. The largest absolute Gasteiger partial charge is 0.484 e. The number of carbonyl (C=O) groups is 1. The monoisotopic (exact) mass is 391 g/mol. The third-order valence-electron chi connectivity index (χ3n) is 5.66. The Bertz CT molecular complexity index is 1060. The molecule has 1 amide bonds. The van der Waals surface area contributed by atoms with Crippen LogP contribution in [-0.2, 0) is 4.79 Å². The summed E-state index contributed by atoms with van der Waals surface area (Å²) in [5, 5.41) is 3.56. The van der Waals surface area contributed by atoms with E-state index in [1.807, 2.05) is 30.3 Å². The molecular weight excluding hydrogens is 366 g/mol. The molecule has 0 unspecified atom stereocenters. The zero-order valence-corrected chi connectivity index (χ0v) is 16.5. The van der Waals surface area contributed by atoms with E-state index in [1.165, 1.54) is 12.7 Å². The van der Waals surface area contributed by atoms with Crippen LogP contribution in [0.1, 0.15) is 32.6 Å². The Morgan fingerprint density at radius 3 is 2.72 bits per heavy atom. The average Bonchev–Trinajstić information content (AvgIpc) is 2.75. The summed E-state index contributed by atoms with van der Waals surface area (Å²) in [6.45, 7) is 2.13. The van der Waals surface area contributed by atoms with Crippen LogP contribution in [0.25, 0.3) is 22.1 Å². The van der Waals surface area contributed by atoms with Crippen molar-refractivity contribution in [3.05, 3.63) is 65.0 Å². The summed E-state index contributed by atoms with van der Waals surface area (Å²) >= 11 is 0. The summed E-state index contributed by atoms with van der Waals surface area (Å²) in [5.41, 5.74) is 1.69. The summed E-state index contributed by atoms with van der Waals surface area (Å²) in [6.07, 6.45) is 6.04.